The van der Waals surface area contributed by atoms with Crippen LogP contribution >= 0.6 is 39.1 Å². The monoisotopic (exact) mass is 551 g/mol. The summed E-state index contributed by atoms with van der Waals surface area (Å²) in [6.45, 7) is 0.203. The molecule has 0 saturated carbocycles. The molecule has 0 aliphatic carbocycles. The third-order valence-corrected chi connectivity index (χ3v) is 5.29. The molecule has 33 heavy (non-hydrogen) atoms. The first-order valence-electron chi connectivity index (χ1n) is 9.54. The first kappa shape index (κ1) is 24.7. The van der Waals surface area contributed by atoms with Crippen LogP contribution in [0.3, 0.4) is 0 Å². The normalized spacial score (nSPS) is 10.8. The fourth-order valence-electron chi connectivity index (χ4n) is 2.64. The number of carbonyl (C=O) groups excluding carboxylic acids is 2. The fraction of sp³-hybridized carbons (Fsp3) is 0.0870. The molecule has 0 saturated heterocycles. The highest BCUT2D eigenvalue weighted by molar-refractivity contribution is 9.10. The van der Waals surface area contributed by atoms with Gasteiger partial charge in [-0.1, -0.05) is 45.2 Å². The van der Waals surface area contributed by atoms with Gasteiger partial charge in [-0.05, 0) is 54.6 Å². The number of hydrogen-bond acceptors (Lipinski definition) is 4. The summed E-state index contributed by atoms with van der Waals surface area (Å²) in [5, 5.41) is 7.42. The van der Waals surface area contributed by atoms with Crippen molar-refractivity contribution in [1.82, 2.24) is 5.43 Å². The molecule has 0 aromatic heterocycles. The Bertz CT molecular complexity index is 1190. The fourth-order valence-corrected chi connectivity index (χ4v) is 3.49. The molecule has 6 nitrogen and oxygen atoms in total. The van der Waals surface area contributed by atoms with E-state index in [2.05, 4.69) is 31.8 Å². The maximum atomic E-state index is 12.9. The first-order chi connectivity index (χ1) is 15.8. The lowest BCUT2D eigenvalue weighted by Crippen LogP contribution is -2.24. The van der Waals surface area contributed by atoms with E-state index in [1.54, 1.807) is 36.4 Å². The lowest BCUT2D eigenvalue weighted by atomic mass is 10.2. The summed E-state index contributed by atoms with van der Waals surface area (Å²) in [4.78, 5) is 23.9. The van der Waals surface area contributed by atoms with Gasteiger partial charge in [0.25, 0.3) is 0 Å². The summed E-state index contributed by atoms with van der Waals surface area (Å²) in [5.41, 5.74) is 4.02. The van der Waals surface area contributed by atoms with Gasteiger partial charge in [-0.3, -0.25) is 9.59 Å². The van der Waals surface area contributed by atoms with E-state index in [0.717, 1.165) is 10.0 Å². The summed E-state index contributed by atoms with van der Waals surface area (Å²) in [6, 6.07) is 15.6. The van der Waals surface area contributed by atoms with Crippen molar-refractivity contribution in [3.8, 4) is 5.75 Å². The molecule has 3 aromatic carbocycles. The molecule has 0 fully saturated rings. The van der Waals surface area contributed by atoms with Crippen LogP contribution in [0.2, 0.25) is 10.0 Å². The van der Waals surface area contributed by atoms with Crippen molar-refractivity contribution >= 4 is 62.8 Å². The van der Waals surface area contributed by atoms with Crippen molar-refractivity contribution < 1.29 is 18.7 Å². The molecular formula is C23H17BrCl2FN3O3. The second-order valence-corrected chi connectivity index (χ2v) is 8.49. The number of benzene rings is 3. The van der Waals surface area contributed by atoms with E-state index in [1.807, 2.05) is 0 Å². The molecule has 0 aliphatic rings. The second kappa shape index (κ2) is 11.8. The number of anilines is 1. The van der Waals surface area contributed by atoms with Crippen LogP contribution in [-0.2, 0) is 16.2 Å². The van der Waals surface area contributed by atoms with Gasteiger partial charge >= 0.3 is 0 Å². The second-order valence-electron chi connectivity index (χ2n) is 6.73. The molecule has 2 N–H and O–H groups in total. The van der Waals surface area contributed by atoms with Gasteiger partial charge < -0.3 is 10.1 Å². The molecular weight excluding hydrogens is 536 g/mol. The van der Waals surface area contributed by atoms with Crippen LogP contribution in [0.5, 0.6) is 5.75 Å². The van der Waals surface area contributed by atoms with E-state index in [1.165, 1.54) is 30.5 Å². The number of halogens is 4. The Hall–Kier alpha value is -2.94. The molecule has 0 unspecified atom stereocenters. The van der Waals surface area contributed by atoms with Gasteiger partial charge in [0.1, 0.15) is 24.6 Å². The summed E-state index contributed by atoms with van der Waals surface area (Å²) in [7, 11) is 0. The minimum absolute atomic E-state index is 0.203. The number of rotatable bonds is 8. The van der Waals surface area contributed by atoms with Gasteiger partial charge in [-0.25, -0.2) is 9.82 Å². The number of hydrazone groups is 1. The molecule has 3 aromatic rings. The number of carbonyl (C=O) groups is 2. The van der Waals surface area contributed by atoms with E-state index >= 15 is 0 Å². The summed E-state index contributed by atoms with van der Waals surface area (Å²) in [5.74, 6) is -1.08. The number of nitrogens with zero attached hydrogens (tertiary/aromatic N) is 1. The van der Waals surface area contributed by atoms with E-state index in [4.69, 9.17) is 27.9 Å². The zero-order valence-corrected chi connectivity index (χ0v) is 20.0. The highest BCUT2D eigenvalue weighted by Gasteiger charge is 2.10. The average Bonchev–Trinajstić information content (AvgIpc) is 2.76. The van der Waals surface area contributed by atoms with E-state index in [9.17, 15) is 14.0 Å². The Labute approximate surface area is 207 Å². The standard InChI is InChI=1S/C23H17BrCl2FN3O3/c24-16-2-8-21(33-13-14-1-3-17(25)10-20(14)26)15(9-16)12-28-30-23(32)11-22(31)29-19-6-4-18(27)5-7-19/h1-10,12H,11,13H2,(H,29,31)(H,30,32). The molecule has 170 valence electrons. The predicted octanol–water partition coefficient (Wildman–Crippen LogP) is 5.95. The zero-order valence-electron chi connectivity index (χ0n) is 16.9. The highest BCUT2D eigenvalue weighted by Crippen LogP contribution is 2.25. The predicted molar refractivity (Wildman–Crippen MR) is 130 cm³/mol. The van der Waals surface area contributed by atoms with Gasteiger partial charge in [-0.15, -0.1) is 0 Å². The third kappa shape index (κ3) is 7.85. The van der Waals surface area contributed by atoms with Crippen molar-refractivity contribution in [2.75, 3.05) is 5.32 Å². The van der Waals surface area contributed by atoms with E-state index < -0.39 is 24.1 Å². The molecule has 0 heterocycles. The van der Waals surface area contributed by atoms with Crippen LogP contribution < -0.4 is 15.5 Å². The van der Waals surface area contributed by atoms with Gasteiger partial charge in [0, 0.05) is 31.3 Å². The van der Waals surface area contributed by atoms with Crippen LogP contribution in [0, 0.1) is 5.82 Å². The Morgan fingerprint density at radius 2 is 1.79 bits per heavy atom. The van der Waals surface area contributed by atoms with Crippen molar-refractivity contribution in [1.29, 1.82) is 0 Å². The molecule has 0 atom stereocenters. The zero-order chi connectivity index (χ0) is 23.8. The maximum Gasteiger partial charge on any atom is 0.249 e. The van der Waals surface area contributed by atoms with Gasteiger partial charge in [0.05, 0.1) is 6.21 Å². The Morgan fingerprint density at radius 1 is 1.03 bits per heavy atom. The summed E-state index contributed by atoms with van der Waals surface area (Å²) >= 11 is 15.5. The Balaban J connectivity index is 1.57. The molecule has 0 spiro atoms. The molecule has 0 radical (unpaired) electrons. The van der Waals surface area contributed by atoms with Crippen LogP contribution in [0.25, 0.3) is 0 Å². The van der Waals surface area contributed by atoms with E-state index in [0.29, 0.717) is 27.0 Å². The minimum Gasteiger partial charge on any atom is -0.488 e. The topological polar surface area (TPSA) is 79.8 Å². The highest BCUT2D eigenvalue weighted by atomic mass is 79.9. The van der Waals surface area contributed by atoms with Crippen LogP contribution in [0.4, 0.5) is 10.1 Å². The Morgan fingerprint density at radius 3 is 2.52 bits per heavy atom. The average molecular weight is 553 g/mol. The number of hydrogen-bond donors (Lipinski definition) is 2. The van der Waals surface area contributed by atoms with Gasteiger partial charge in [0.2, 0.25) is 11.8 Å². The number of nitrogens with one attached hydrogen (secondary N) is 2. The van der Waals surface area contributed by atoms with Gasteiger partial charge in [-0.2, -0.15) is 5.10 Å². The van der Waals surface area contributed by atoms with Crippen molar-refractivity contribution in [2.45, 2.75) is 13.0 Å². The largest absolute Gasteiger partial charge is 0.488 e. The molecule has 2 amide bonds. The van der Waals surface area contributed by atoms with Crippen LogP contribution in [0.1, 0.15) is 17.5 Å². The smallest absolute Gasteiger partial charge is 0.249 e. The first-order valence-corrected chi connectivity index (χ1v) is 11.1. The van der Waals surface area contributed by atoms with Crippen molar-refractivity contribution in [3.63, 3.8) is 0 Å². The Kier molecular flexibility index (Phi) is 8.82. The third-order valence-electron chi connectivity index (χ3n) is 4.21. The molecule has 0 bridgehead atoms. The molecule has 10 heteroatoms. The summed E-state index contributed by atoms with van der Waals surface area (Å²) < 4.78 is 19.6. The number of ether oxygens (including phenoxy) is 1. The lowest BCUT2D eigenvalue weighted by Gasteiger charge is -2.11. The summed E-state index contributed by atoms with van der Waals surface area (Å²) in [6.07, 6.45) is 0.949. The minimum atomic E-state index is -0.615. The van der Waals surface area contributed by atoms with Crippen molar-refractivity contribution in [2.24, 2.45) is 5.10 Å². The maximum absolute atomic E-state index is 12.9. The van der Waals surface area contributed by atoms with Crippen LogP contribution in [0.15, 0.2) is 70.2 Å². The molecule has 3 rings (SSSR count). The van der Waals surface area contributed by atoms with Gasteiger partial charge in [0.15, 0.2) is 0 Å². The quantitative estimate of drug-likeness (QED) is 0.206. The van der Waals surface area contributed by atoms with E-state index in [-0.39, 0.29) is 6.61 Å². The lowest BCUT2D eigenvalue weighted by molar-refractivity contribution is -0.126. The molecule has 0 aliphatic heterocycles. The number of amides is 2. The van der Waals surface area contributed by atoms with Crippen LogP contribution in [-0.4, -0.2) is 18.0 Å². The SMILES string of the molecule is O=C(CC(=O)Nc1ccc(F)cc1)NN=Cc1cc(Br)ccc1OCc1ccc(Cl)cc1Cl. The van der Waals surface area contributed by atoms with Crippen molar-refractivity contribution in [3.05, 3.63) is 92.1 Å².